The van der Waals surface area contributed by atoms with E-state index in [-0.39, 0.29) is 23.9 Å². The highest BCUT2D eigenvalue weighted by Gasteiger charge is 2.47. The molecule has 1 saturated heterocycles. The normalized spacial score (nSPS) is 28.7. The van der Waals surface area contributed by atoms with Gasteiger partial charge in [0.25, 0.3) is 0 Å². The Bertz CT molecular complexity index is 943. The summed E-state index contributed by atoms with van der Waals surface area (Å²) in [7, 11) is 0. The van der Waals surface area contributed by atoms with E-state index in [4.69, 9.17) is 0 Å². The van der Waals surface area contributed by atoms with E-state index < -0.39 is 49.4 Å². The van der Waals surface area contributed by atoms with Crippen molar-refractivity contribution in [2.45, 2.75) is 50.2 Å². The van der Waals surface area contributed by atoms with Crippen molar-refractivity contribution in [3.63, 3.8) is 0 Å². The van der Waals surface area contributed by atoms with Gasteiger partial charge in [0.2, 0.25) is 0 Å². The number of nitrogens with zero attached hydrogens (tertiary/aromatic N) is 2. The van der Waals surface area contributed by atoms with Crippen molar-refractivity contribution in [2.24, 2.45) is 5.92 Å². The smallest absolute Gasteiger partial charge is 0.401 e. The minimum absolute atomic E-state index is 0.0289. The Morgan fingerprint density at radius 2 is 1.94 bits per heavy atom. The molecular weight excluding hydrogens is 460 g/mol. The summed E-state index contributed by atoms with van der Waals surface area (Å²) >= 11 is 0. The van der Waals surface area contributed by atoms with Gasteiger partial charge in [0.15, 0.2) is 0 Å². The molecule has 1 aromatic rings. The number of halogens is 6. The SMILES string of the molecule is C[C@@H]1Cc2cc(O)ccc2[C@@H](C2C(F)=CC(NC3CN(CCCF)C3)=CC2F)N1CC(F)(F)F. The molecule has 4 rings (SSSR count). The first-order valence-corrected chi connectivity index (χ1v) is 11.5. The predicted molar refractivity (Wildman–Crippen MR) is 116 cm³/mol. The molecule has 34 heavy (non-hydrogen) atoms. The number of hydrogen-bond donors (Lipinski definition) is 2. The van der Waals surface area contributed by atoms with Gasteiger partial charge in [-0.05, 0) is 55.2 Å². The topological polar surface area (TPSA) is 38.7 Å². The Hall–Kier alpha value is -2.20. The zero-order valence-electron chi connectivity index (χ0n) is 18.8. The lowest BCUT2D eigenvalue weighted by molar-refractivity contribution is -0.161. The first kappa shape index (κ1) is 24.9. The number of benzene rings is 1. The van der Waals surface area contributed by atoms with Crippen LogP contribution in [0.1, 0.15) is 30.5 Å². The molecule has 188 valence electrons. The zero-order valence-corrected chi connectivity index (χ0v) is 18.8. The molecule has 3 aliphatic rings. The maximum Gasteiger partial charge on any atom is 0.401 e. The molecule has 0 amide bonds. The molecule has 1 aromatic carbocycles. The summed E-state index contributed by atoms with van der Waals surface area (Å²) in [5.74, 6) is -2.31. The highest BCUT2D eigenvalue weighted by atomic mass is 19.4. The average Bonchev–Trinajstić information content (AvgIpc) is 2.70. The largest absolute Gasteiger partial charge is 0.508 e. The van der Waals surface area contributed by atoms with Gasteiger partial charge in [-0.2, -0.15) is 13.2 Å². The second-order valence-corrected chi connectivity index (χ2v) is 9.43. The van der Waals surface area contributed by atoms with Crippen molar-refractivity contribution in [1.82, 2.24) is 15.1 Å². The van der Waals surface area contributed by atoms with E-state index in [9.17, 15) is 22.7 Å². The average molecular weight is 490 g/mol. The van der Waals surface area contributed by atoms with Crippen LogP contribution >= 0.6 is 0 Å². The van der Waals surface area contributed by atoms with Gasteiger partial charge in [-0.25, -0.2) is 8.78 Å². The molecule has 0 saturated carbocycles. The summed E-state index contributed by atoms with van der Waals surface area (Å²) in [4.78, 5) is 3.15. The van der Waals surface area contributed by atoms with Crippen LogP contribution in [0.25, 0.3) is 0 Å². The van der Waals surface area contributed by atoms with E-state index in [2.05, 4.69) is 5.32 Å². The number of fused-ring (bicyclic) bond motifs is 1. The van der Waals surface area contributed by atoms with Gasteiger partial charge < -0.3 is 10.4 Å². The van der Waals surface area contributed by atoms with Crippen LogP contribution in [0, 0.1) is 5.92 Å². The summed E-state index contributed by atoms with van der Waals surface area (Å²) in [6.07, 6.45) is -3.33. The van der Waals surface area contributed by atoms with Crippen LogP contribution in [0.15, 0.2) is 41.9 Å². The number of allylic oxidation sites excluding steroid dienone is 2. The van der Waals surface area contributed by atoms with Crippen molar-refractivity contribution < 1.29 is 31.4 Å². The monoisotopic (exact) mass is 489 g/mol. The van der Waals surface area contributed by atoms with E-state index in [0.717, 1.165) is 11.0 Å². The third-order valence-corrected chi connectivity index (χ3v) is 6.82. The third-order valence-electron chi connectivity index (χ3n) is 6.82. The van der Waals surface area contributed by atoms with Gasteiger partial charge in [0.1, 0.15) is 17.7 Å². The lowest BCUT2D eigenvalue weighted by Gasteiger charge is -2.46. The fraction of sp³-hybridized carbons (Fsp3) is 0.583. The van der Waals surface area contributed by atoms with Gasteiger partial charge in [0.05, 0.1) is 25.2 Å². The standard InChI is InChI=1S/C24H29F6N3O/c1-14-7-15-8-18(34)3-4-19(15)23(33(14)13-24(28,29)30)22-20(26)9-16(10-21(22)27)31-17-11-32(12-17)6-2-5-25/h3-4,8-10,14,17,20,22-23,31,34H,2,5-7,11-13H2,1H3/t14-,20?,22?,23+/m1/s1. The fourth-order valence-corrected chi connectivity index (χ4v) is 5.30. The van der Waals surface area contributed by atoms with Gasteiger partial charge in [-0.1, -0.05) is 6.07 Å². The molecule has 1 aliphatic carbocycles. The van der Waals surface area contributed by atoms with E-state index in [0.29, 0.717) is 37.2 Å². The first-order chi connectivity index (χ1) is 16.1. The van der Waals surface area contributed by atoms with Crippen LogP contribution in [0.5, 0.6) is 5.75 Å². The molecule has 0 aromatic heterocycles. The first-order valence-electron chi connectivity index (χ1n) is 11.5. The molecule has 2 heterocycles. The van der Waals surface area contributed by atoms with Gasteiger partial charge in [0, 0.05) is 37.4 Å². The summed E-state index contributed by atoms with van der Waals surface area (Å²) in [5.41, 5.74) is 1.24. The van der Waals surface area contributed by atoms with Crippen molar-refractivity contribution in [3.8, 4) is 5.75 Å². The van der Waals surface area contributed by atoms with E-state index in [1.54, 1.807) is 6.92 Å². The lowest BCUT2D eigenvalue weighted by Crippen LogP contribution is -2.57. The Morgan fingerprint density at radius 3 is 2.59 bits per heavy atom. The van der Waals surface area contributed by atoms with Gasteiger partial charge in [-0.3, -0.25) is 14.2 Å². The fourth-order valence-electron chi connectivity index (χ4n) is 5.30. The Morgan fingerprint density at radius 1 is 1.21 bits per heavy atom. The Balaban J connectivity index is 1.56. The van der Waals surface area contributed by atoms with Gasteiger partial charge in [-0.15, -0.1) is 0 Å². The van der Waals surface area contributed by atoms with Crippen molar-refractivity contribution in [3.05, 3.63) is 53.0 Å². The molecule has 0 bridgehead atoms. The van der Waals surface area contributed by atoms with Crippen LogP contribution in [0.3, 0.4) is 0 Å². The molecule has 4 atom stereocenters. The molecule has 2 aliphatic heterocycles. The number of phenolic OH excluding ortho intramolecular Hbond substituents is 1. The van der Waals surface area contributed by atoms with Crippen LogP contribution in [0.4, 0.5) is 26.3 Å². The highest BCUT2D eigenvalue weighted by Crippen LogP contribution is 2.46. The number of alkyl halides is 5. The maximum atomic E-state index is 15.4. The molecule has 10 heteroatoms. The van der Waals surface area contributed by atoms with Crippen LogP contribution < -0.4 is 5.32 Å². The number of phenols is 1. The number of hydrogen-bond acceptors (Lipinski definition) is 4. The second-order valence-electron chi connectivity index (χ2n) is 9.43. The van der Waals surface area contributed by atoms with E-state index in [1.807, 2.05) is 4.90 Å². The Kier molecular flexibility index (Phi) is 7.19. The zero-order chi connectivity index (χ0) is 24.6. The summed E-state index contributed by atoms with van der Waals surface area (Å²) in [6, 6.07) is 2.41. The van der Waals surface area contributed by atoms with Crippen molar-refractivity contribution in [1.29, 1.82) is 0 Å². The molecule has 2 unspecified atom stereocenters. The molecule has 0 radical (unpaired) electrons. The summed E-state index contributed by atoms with van der Waals surface area (Å²) < 4.78 is 83.4. The van der Waals surface area contributed by atoms with Crippen molar-refractivity contribution >= 4 is 0 Å². The molecule has 1 fully saturated rings. The minimum atomic E-state index is -4.54. The van der Waals surface area contributed by atoms with Crippen LogP contribution in [-0.4, -0.2) is 72.2 Å². The number of rotatable bonds is 7. The Labute approximate surface area is 194 Å². The van der Waals surface area contributed by atoms with Crippen LogP contribution in [0.2, 0.25) is 0 Å². The molecule has 4 nitrogen and oxygen atoms in total. The summed E-state index contributed by atoms with van der Waals surface area (Å²) in [6.45, 7) is 1.79. The maximum absolute atomic E-state index is 15.4. The molecule has 2 N–H and O–H groups in total. The number of aromatic hydroxyl groups is 1. The third kappa shape index (κ3) is 5.38. The molecular formula is C24H29F6N3O. The number of likely N-dealkylation sites (tertiary alicyclic amines) is 1. The number of nitrogens with one attached hydrogen (secondary N) is 1. The van der Waals surface area contributed by atoms with Crippen LogP contribution in [-0.2, 0) is 6.42 Å². The predicted octanol–water partition coefficient (Wildman–Crippen LogP) is 4.58. The van der Waals surface area contributed by atoms with Crippen molar-refractivity contribution in [2.75, 3.05) is 32.9 Å². The lowest BCUT2D eigenvalue weighted by atomic mass is 9.78. The summed E-state index contributed by atoms with van der Waals surface area (Å²) in [5, 5.41) is 12.9. The van der Waals surface area contributed by atoms with E-state index >= 15 is 8.78 Å². The second kappa shape index (κ2) is 9.81. The quantitative estimate of drug-likeness (QED) is 0.550. The molecule has 0 spiro atoms. The van der Waals surface area contributed by atoms with E-state index in [1.165, 1.54) is 24.3 Å². The highest BCUT2D eigenvalue weighted by molar-refractivity contribution is 5.42. The minimum Gasteiger partial charge on any atom is -0.508 e. The van der Waals surface area contributed by atoms with Gasteiger partial charge >= 0.3 is 6.18 Å².